The molecule has 6 aliphatic rings. The fraction of sp³-hybridized carbons (Fsp3) is 0.250. The van der Waals surface area contributed by atoms with E-state index < -0.39 is 58.2 Å². The number of nitrogens with one attached hydrogen (secondary N) is 2. The maximum absolute atomic E-state index is 13.8. The summed E-state index contributed by atoms with van der Waals surface area (Å²) >= 11 is 5.77. The molecule has 21 heteroatoms. The van der Waals surface area contributed by atoms with Crippen LogP contribution in [-0.2, 0) is 61.4 Å². The van der Waals surface area contributed by atoms with Crippen LogP contribution in [0.15, 0.2) is 156 Å². The van der Waals surface area contributed by atoms with Crippen LogP contribution in [0.2, 0.25) is 0 Å². The molecule has 414 valence electrons. The highest BCUT2D eigenvalue weighted by molar-refractivity contribution is 8.00. The van der Waals surface area contributed by atoms with Crippen LogP contribution in [0.1, 0.15) is 47.9 Å². The SMILES string of the molecule is C=CCOC(=O)C1=C(/C=C/COc2cc3c(cc2C)C2(OC(=O)c4ccccc42)c2cc(C)c(OC/C=C/C4=C(C(=O)OCC=C)N5C(=O)C(NC(=O)Cc6cccs6)C5SC4)cc2O3)CSC2C(NC(=O)Cc3cccs3)C(=O)N12. The van der Waals surface area contributed by atoms with Crippen molar-refractivity contribution in [1.29, 1.82) is 0 Å². The van der Waals surface area contributed by atoms with E-state index in [9.17, 15) is 33.6 Å². The van der Waals surface area contributed by atoms with E-state index in [1.165, 1.54) is 68.1 Å². The van der Waals surface area contributed by atoms with Crippen LogP contribution in [0.5, 0.6) is 23.0 Å². The number of hydrogen-bond donors (Lipinski definition) is 2. The van der Waals surface area contributed by atoms with E-state index in [-0.39, 0.29) is 62.5 Å². The van der Waals surface area contributed by atoms with Crippen LogP contribution >= 0.6 is 46.2 Å². The molecule has 0 bridgehead atoms. The second kappa shape index (κ2) is 23.2. The van der Waals surface area contributed by atoms with Gasteiger partial charge in [0.05, 0.1) is 18.4 Å². The fourth-order valence-corrected chi connectivity index (χ4v) is 14.5. The van der Waals surface area contributed by atoms with Gasteiger partial charge in [0.25, 0.3) is 11.8 Å². The van der Waals surface area contributed by atoms with E-state index in [0.29, 0.717) is 79.0 Å². The summed E-state index contributed by atoms with van der Waals surface area (Å²) in [5, 5.41) is 8.47. The van der Waals surface area contributed by atoms with E-state index in [1.54, 1.807) is 48.6 Å². The second-order valence-corrected chi connectivity index (χ2v) is 23.6. The first-order valence-electron chi connectivity index (χ1n) is 25.7. The van der Waals surface area contributed by atoms with Gasteiger partial charge in [-0.2, -0.15) is 0 Å². The molecular weight excluding hydrogens is 1110 g/mol. The molecule has 5 aromatic rings. The number of β-lactam (4-membered cyclic amide) rings is 2. The second-order valence-electron chi connectivity index (χ2n) is 19.3. The number of thiophene rings is 2. The highest BCUT2D eigenvalue weighted by atomic mass is 32.2. The maximum Gasteiger partial charge on any atom is 0.355 e. The molecule has 17 nitrogen and oxygen atoms in total. The molecule has 4 amide bonds. The lowest BCUT2D eigenvalue weighted by Gasteiger charge is -2.49. The van der Waals surface area contributed by atoms with Crippen molar-refractivity contribution in [2.45, 2.75) is 55.1 Å². The van der Waals surface area contributed by atoms with Crippen molar-refractivity contribution in [3.8, 4) is 23.0 Å². The molecule has 6 aliphatic heterocycles. The topological polar surface area (TPSA) is 205 Å². The number of esters is 3. The highest BCUT2D eigenvalue weighted by Gasteiger charge is 2.57. The Labute approximate surface area is 482 Å². The normalized spacial score (nSPS) is 21.2. The van der Waals surface area contributed by atoms with Gasteiger partial charge in [-0.25, -0.2) is 14.4 Å². The number of ether oxygens (including phenoxy) is 6. The number of rotatable bonds is 20. The van der Waals surface area contributed by atoms with Crippen molar-refractivity contribution in [3.05, 3.63) is 199 Å². The molecule has 1 spiro atoms. The third kappa shape index (κ3) is 10.4. The summed E-state index contributed by atoms with van der Waals surface area (Å²) in [6.45, 7) is 11.0. The van der Waals surface area contributed by atoms with E-state index in [0.717, 1.165) is 9.75 Å². The molecule has 0 aliphatic carbocycles. The van der Waals surface area contributed by atoms with Gasteiger partial charge in [0, 0.05) is 50.1 Å². The van der Waals surface area contributed by atoms with Crippen molar-refractivity contribution >= 4 is 87.7 Å². The molecule has 0 radical (unpaired) electrons. The number of fused-ring (bicyclic) bond motifs is 8. The lowest BCUT2D eigenvalue weighted by atomic mass is 9.76. The van der Waals surface area contributed by atoms with Crippen molar-refractivity contribution in [2.75, 3.05) is 37.9 Å². The lowest BCUT2D eigenvalue weighted by Crippen LogP contribution is -2.70. The molecule has 2 aromatic heterocycles. The van der Waals surface area contributed by atoms with Crippen LogP contribution < -0.4 is 24.8 Å². The number of benzene rings is 3. The molecular formula is C60H52N4O13S4. The molecule has 3 aromatic carbocycles. The number of thioether (sulfide) groups is 2. The number of hydrogen-bond acceptors (Lipinski definition) is 17. The number of carbonyl (C=O) groups is 7. The average Bonchev–Trinajstić information content (AvgIpc) is 3.97. The largest absolute Gasteiger partial charge is 0.489 e. The Bertz CT molecular complexity index is 3370. The van der Waals surface area contributed by atoms with Gasteiger partial charge in [-0.1, -0.05) is 67.8 Å². The standard InChI is InChI=1S/C60H52N4O13S4/c1-5-19-74-58(70)51-35(31-80-55-49(53(67)63(51)55)61-47(65)27-37-15-11-23-78-37)13-9-21-72-43-29-45-41(25-33(43)3)60(40-18-8-7-17-39(40)57(69)77-60)42-26-34(4)44(30-46(42)76-45)73-22-10-14-36-32-81-56-50(62-48(66)28-38-16-12-24-79-38)54(68)64(56)52(36)59(71)75-20-6-2/h5-18,23-26,29-30,49-50,55-56H,1-2,19-22,27-28,31-32H2,3-4H3,(H,61,65)(H,62,66)/b13-9+,14-10+. The maximum atomic E-state index is 13.8. The van der Waals surface area contributed by atoms with Gasteiger partial charge >= 0.3 is 17.9 Å². The number of allylic oxidation sites excluding steroid dienone is 2. The van der Waals surface area contributed by atoms with Crippen LogP contribution in [0.3, 0.4) is 0 Å². The predicted octanol–water partition coefficient (Wildman–Crippen LogP) is 8.12. The minimum absolute atomic E-state index is 0.0445. The summed E-state index contributed by atoms with van der Waals surface area (Å²) in [5.41, 5.74) is 3.53. The molecule has 2 fully saturated rings. The average molecular weight is 1170 g/mol. The quantitative estimate of drug-likeness (QED) is 0.0327. The molecule has 8 heterocycles. The van der Waals surface area contributed by atoms with Crippen molar-refractivity contribution in [1.82, 2.24) is 20.4 Å². The summed E-state index contributed by atoms with van der Waals surface area (Å²) in [6.07, 6.45) is 10.1. The Morgan fingerprint density at radius 3 is 1.59 bits per heavy atom. The zero-order valence-electron chi connectivity index (χ0n) is 43.8. The zero-order valence-corrected chi connectivity index (χ0v) is 47.0. The van der Waals surface area contributed by atoms with E-state index in [1.807, 2.05) is 73.1 Å². The van der Waals surface area contributed by atoms with Crippen LogP contribution in [-0.4, -0.2) is 112 Å². The van der Waals surface area contributed by atoms with Crippen LogP contribution in [0.25, 0.3) is 0 Å². The third-order valence-electron chi connectivity index (χ3n) is 14.1. The third-order valence-corrected chi connectivity index (χ3v) is 18.5. The van der Waals surface area contributed by atoms with E-state index >= 15 is 0 Å². The molecule has 4 unspecified atom stereocenters. The molecule has 2 N–H and O–H groups in total. The first kappa shape index (κ1) is 54.8. The van der Waals surface area contributed by atoms with E-state index in [4.69, 9.17) is 28.4 Å². The molecule has 4 atom stereocenters. The first-order chi connectivity index (χ1) is 39.3. The van der Waals surface area contributed by atoms with Crippen LogP contribution in [0.4, 0.5) is 0 Å². The Kier molecular flexibility index (Phi) is 15.7. The Morgan fingerprint density at radius 1 is 0.654 bits per heavy atom. The van der Waals surface area contributed by atoms with Crippen LogP contribution in [0, 0.1) is 13.8 Å². The molecule has 11 rings (SSSR count). The van der Waals surface area contributed by atoms with Gasteiger partial charge in [0.1, 0.15) is 83.7 Å². The lowest BCUT2D eigenvalue weighted by molar-refractivity contribution is -0.152. The summed E-state index contributed by atoms with van der Waals surface area (Å²) in [7, 11) is 0. The molecule has 2 saturated heterocycles. The Balaban J connectivity index is 0.817. The van der Waals surface area contributed by atoms with Gasteiger partial charge in [0.2, 0.25) is 11.8 Å². The minimum Gasteiger partial charge on any atom is -0.489 e. The first-order valence-corrected chi connectivity index (χ1v) is 29.6. The molecule has 0 saturated carbocycles. The zero-order chi connectivity index (χ0) is 56.5. The molecule has 81 heavy (non-hydrogen) atoms. The van der Waals surface area contributed by atoms with Crippen molar-refractivity contribution < 1.29 is 62.0 Å². The predicted molar refractivity (Wildman–Crippen MR) is 306 cm³/mol. The van der Waals surface area contributed by atoms with Gasteiger partial charge in [-0.05, 0) is 89.4 Å². The number of carbonyl (C=O) groups excluding carboxylic acids is 7. The smallest absolute Gasteiger partial charge is 0.355 e. The van der Waals surface area contributed by atoms with Gasteiger partial charge in [0.15, 0.2) is 5.60 Å². The summed E-state index contributed by atoms with van der Waals surface area (Å²) in [6, 6.07) is 20.3. The summed E-state index contributed by atoms with van der Waals surface area (Å²) in [5.74, 6) is -0.912. The van der Waals surface area contributed by atoms with Gasteiger partial charge in [-0.15, -0.1) is 46.2 Å². The van der Waals surface area contributed by atoms with E-state index in [2.05, 4.69) is 23.8 Å². The minimum atomic E-state index is -1.40. The highest BCUT2D eigenvalue weighted by Crippen LogP contribution is 2.58. The number of aryl methyl sites for hydroxylation is 2. The van der Waals surface area contributed by atoms with Gasteiger partial charge in [-0.3, -0.25) is 29.0 Å². The monoisotopic (exact) mass is 1160 g/mol. The summed E-state index contributed by atoms with van der Waals surface area (Å²) < 4.78 is 36.8. The number of nitrogens with zero attached hydrogens (tertiary/aromatic N) is 2. The summed E-state index contributed by atoms with van der Waals surface area (Å²) in [4.78, 5) is 98.2. The number of amides is 4. The Morgan fingerprint density at radius 2 is 1.14 bits per heavy atom. The van der Waals surface area contributed by atoms with Crippen molar-refractivity contribution in [2.24, 2.45) is 0 Å². The van der Waals surface area contributed by atoms with Crippen molar-refractivity contribution in [3.63, 3.8) is 0 Å². The Hall–Kier alpha value is -8.11. The fourth-order valence-electron chi connectivity index (χ4n) is 10.4. The van der Waals surface area contributed by atoms with Gasteiger partial charge < -0.3 is 39.1 Å².